The van der Waals surface area contributed by atoms with Gasteiger partial charge in [0, 0.05) is 11.5 Å². The third-order valence-electron chi connectivity index (χ3n) is 6.18. The van der Waals surface area contributed by atoms with E-state index in [9.17, 15) is 0 Å². The van der Waals surface area contributed by atoms with Gasteiger partial charge in [-0.05, 0) is 22.3 Å². The first kappa shape index (κ1) is 40.7. The summed E-state index contributed by atoms with van der Waals surface area (Å²) in [6.45, 7) is 4.58. The maximum atomic E-state index is 5.21. The van der Waals surface area contributed by atoms with Crippen LogP contribution in [0.1, 0.15) is 61.8 Å². The first-order valence-electron chi connectivity index (χ1n) is 15.9. The molecule has 0 aliphatic carbocycles. The maximum Gasteiger partial charge on any atom is 0.154 e. The number of unbranched alkanes of at least 4 members (excludes halogenated alkanes) is 2. The van der Waals surface area contributed by atoms with Crippen LogP contribution in [0.3, 0.4) is 0 Å². The molecule has 9 heteroatoms. The Hall–Kier alpha value is -2.50. The molecule has 0 unspecified atom stereocenters. The molecule has 4 nitrogen and oxygen atoms in total. The maximum absolute atomic E-state index is 5.21. The van der Waals surface area contributed by atoms with Gasteiger partial charge in [-0.1, -0.05) is 169 Å². The molecule has 0 bridgehead atoms. The molecule has 2 radical (unpaired) electrons. The van der Waals surface area contributed by atoms with Gasteiger partial charge in [0.1, 0.15) is 0 Å². The van der Waals surface area contributed by atoms with E-state index in [1.165, 1.54) is 36.8 Å². The number of nitrogens with one attached hydrogen (secondary N) is 2. The second kappa shape index (κ2) is 28.5. The quantitative estimate of drug-likeness (QED) is 0.0435. The molecule has 4 aromatic carbocycles. The van der Waals surface area contributed by atoms with Crippen LogP contribution in [0.5, 0.6) is 0 Å². The van der Waals surface area contributed by atoms with Crippen molar-refractivity contribution in [3.8, 4) is 0 Å². The third-order valence-corrected chi connectivity index (χ3v) is 12.8. The van der Waals surface area contributed by atoms with Crippen molar-refractivity contribution in [2.24, 2.45) is 10.2 Å². The predicted octanol–water partition coefficient (Wildman–Crippen LogP) is 10.8. The summed E-state index contributed by atoms with van der Waals surface area (Å²) in [6, 6.07) is 40.3. The van der Waals surface area contributed by atoms with Crippen LogP contribution < -0.4 is 10.9 Å². The van der Waals surface area contributed by atoms with Gasteiger partial charge in [-0.2, -0.15) is 10.2 Å². The van der Waals surface area contributed by atoms with Gasteiger partial charge in [-0.3, -0.25) is 10.9 Å². The van der Waals surface area contributed by atoms with Gasteiger partial charge in [0.15, 0.2) is 8.64 Å². The fourth-order valence-electron chi connectivity index (χ4n) is 3.64. The Balaban J connectivity index is 0.000000262. The molecular formula is C38H46N4S4Sn. The molecule has 0 atom stereocenters. The summed E-state index contributed by atoms with van der Waals surface area (Å²) in [5.74, 6) is 1.71. The standard InChI is InChI=1S/2C15H14N2S2.2C4H9.Sn/c2*18-15(19-12-14-9-5-2-6-10-14)17-16-11-13-7-3-1-4-8-13;2*1-3-4-2;/h2*1-11H,12H2,(H,17,18);2*1,3-4H2,2H3;. The molecule has 0 saturated carbocycles. The Labute approximate surface area is 312 Å². The Morgan fingerprint density at radius 1 is 0.574 bits per heavy atom. The fraction of sp³-hybridized carbons (Fsp3) is 0.263. The number of nitrogens with zero attached hydrogens (tertiary/aromatic N) is 2. The molecule has 4 aromatic rings. The normalized spacial score (nSPS) is 10.4. The molecule has 0 aromatic heterocycles. The number of rotatable bonds is 14. The summed E-state index contributed by atoms with van der Waals surface area (Å²) in [7, 11) is 0. The minimum absolute atomic E-state index is 0.149. The van der Waals surface area contributed by atoms with Crippen molar-refractivity contribution in [1.82, 2.24) is 10.9 Å². The van der Waals surface area contributed by atoms with E-state index < -0.39 is 0 Å². The number of thiocarbonyl (C=S) groups is 2. The molecule has 2 N–H and O–H groups in total. The van der Waals surface area contributed by atoms with Gasteiger partial charge in [0.25, 0.3) is 0 Å². The third kappa shape index (κ3) is 22.7. The van der Waals surface area contributed by atoms with Gasteiger partial charge in [-0.15, -0.1) is 0 Å². The molecular weight excluding hydrogens is 759 g/mol. The van der Waals surface area contributed by atoms with Crippen molar-refractivity contribution in [3.63, 3.8) is 0 Å². The Morgan fingerprint density at radius 3 is 1.26 bits per heavy atom. The Kier molecular flexibility index (Phi) is 24.7. The van der Waals surface area contributed by atoms with Crippen LogP contribution in [-0.2, 0) is 11.5 Å². The number of thioether (sulfide) groups is 2. The zero-order valence-electron chi connectivity index (χ0n) is 27.4. The number of benzene rings is 4. The summed E-state index contributed by atoms with van der Waals surface area (Å²) in [6.07, 6.45) is 9.36. The molecule has 0 heterocycles. The molecule has 0 amide bonds. The van der Waals surface area contributed by atoms with Crippen molar-refractivity contribution in [2.45, 2.75) is 59.9 Å². The largest absolute Gasteiger partial charge is 0.262 e. The Morgan fingerprint density at radius 2 is 0.915 bits per heavy atom. The predicted molar refractivity (Wildman–Crippen MR) is 220 cm³/mol. The summed E-state index contributed by atoms with van der Waals surface area (Å²) in [5.41, 5.74) is 10.3. The first-order chi connectivity index (χ1) is 23.1. The van der Waals surface area contributed by atoms with Crippen molar-refractivity contribution in [3.05, 3.63) is 144 Å². The fourth-order valence-corrected chi connectivity index (χ4v) is 9.47. The second-order valence-electron chi connectivity index (χ2n) is 10.1. The van der Waals surface area contributed by atoms with Crippen molar-refractivity contribution < 1.29 is 0 Å². The summed E-state index contributed by atoms with van der Waals surface area (Å²) in [5, 5.41) is 8.23. The van der Waals surface area contributed by atoms with Gasteiger partial charge in [0.2, 0.25) is 0 Å². The molecule has 0 aliphatic heterocycles. The van der Waals surface area contributed by atoms with Crippen molar-refractivity contribution in [1.29, 1.82) is 0 Å². The van der Waals surface area contributed by atoms with Crippen LogP contribution in [0.15, 0.2) is 132 Å². The van der Waals surface area contributed by atoms with E-state index in [-0.39, 0.29) is 21.1 Å². The average Bonchev–Trinajstić information content (AvgIpc) is 3.12. The van der Waals surface area contributed by atoms with Gasteiger partial charge in [-0.25, -0.2) is 0 Å². The van der Waals surface area contributed by atoms with E-state index in [0.29, 0.717) is 8.64 Å². The SMILES string of the molecule is CCC[CH2][Sn][CH2]CCC.S=C(NN=Cc1ccccc1)SCc1ccccc1.S=C(NN=Cc1ccccc1)SCc1ccccc1. The second-order valence-corrected chi connectivity index (χ2v) is 17.7. The monoisotopic (exact) mass is 806 g/mol. The minimum atomic E-state index is 0.149. The van der Waals surface area contributed by atoms with Crippen LogP contribution in [0.25, 0.3) is 0 Å². The van der Waals surface area contributed by atoms with E-state index in [1.54, 1.807) is 44.8 Å². The van der Waals surface area contributed by atoms with Crippen LogP contribution >= 0.6 is 48.0 Å². The van der Waals surface area contributed by atoms with E-state index in [4.69, 9.17) is 24.4 Å². The molecule has 4 rings (SSSR count). The number of hydrazone groups is 2. The molecule has 0 aliphatic rings. The topological polar surface area (TPSA) is 48.8 Å². The molecule has 0 spiro atoms. The van der Waals surface area contributed by atoms with Crippen LogP contribution in [0.2, 0.25) is 8.87 Å². The van der Waals surface area contributed by atoms with Crippen LogP contribution in [-0.4, -0.2) is 42.2 Å². The smallest absolute Gasteiger partial charge is 0.154 e. The van der Waals surface area contributed by atoms with E-state index in [1.807, 2.05) is 97.1 Å². The summed E-state index contributed by atoms with van der Waals surface area (Å²) in [4.78, 5) is 0. The van der Waals surface area contributed by atoms with Crippen LogP contribution in [0.4, 0.5) is 0 Å². The number of hydrogen-bond donors (Lipinski definition) is 2. The average molecular weight is 806 g/mol. The number of hydrogen-bond acceptors (Lipinski definition) is 6. The van der Waals surface area contributed by atoms with Gasteiger partial charge >= 0.3 is 69.5 Å². The first-order valence-corrected chi connectivity index (χ1v) is 22.7. The molecule has 246 valence electrons. The van der Waals surface area contributed by atoms with Crippen molar-refractivity contribution in [2.75, 3.05) is 0 Å². The molecule has 47 heavy (non-hydrogen) atoms. The van der Waals surface area contributed by atoms with Gasteiger partial charge in [0.05, 0.1) is 12.4 Å². The Bertz CT molecular complexity index is 1300. The zero-order valence-corrected chi connectivity index (χ0v) is 33.5. The van der Waals surface area contributed by atoms with Gasteiger partial charge < -0.3 is 0 Å². The van der Waals surface area contributed by atoms with Crippen LogP contribution in [0, 0.1) is 0 Å². The summed E-state index contributed by atoms with van der Waals surface area (Å²) < 4.78 is 4.60. The van der Waals surface area contributed by atoms with E-state index >= 15 is 0 Å². The summed E-state index contributed by atoms with van der Waals surface area (Å²) >= 11 is 13.7. The molecule has 0 fully saturated rings. The minimum Gasteiger partial charge on any atom is -0.262 e. The van der Waals surface area contributed by atoms with Crippen molar-refractivity contribution >= 4 is 90.2 Å². The van der Waals surface area contributed by atoms with E-state index in [2.05, 4.69) is 59.2 Å². The molecule has 0 saturated heterocycles. The zero-order chi connectivity index (χ0) is 33.6. The van der Waals surface area contributed by atoms with E-state index in [0.717, 1.165) is 22.6 Å².